The van der Waals surface area contributed by atoms with Crippen molar-refractivity contribution in [3.63, 3.8) is 0 Å². The quantitative estimate of drug-likeness (QED) is 0.467. The second kappa shape index (κ2) is 10.1. The summed E-state index contributed by atoms with van der Waals surface area (Å²) < 4.78 is 0. The Balaban J connectivity index is 0.00000117. The van der Waals surface area contributed by atoms with E-state index in [1.54, 1.807) is 36.5 Å². The first-order chi connectivity index (χ1) is 10.3. The van der Waals surface area contributed by atoms with Crippen LogP contribution in [0.25, 0.3) is 0 Å². The first-order valence-corrected chi connectivity index (χ1v) is 6.33. The van der Waals surface area contributed by atoms with Crippen LogP contribution in [0.15, 0.2) is 53.6 Å². The summed E-state index contributed by atoms with van der Waals surface area (Å²) in [5.74, 6) is -0.341. The molecule has 1 heterocycles. The molecule has 23 heavy (non-hydrogen) atoms. The van der Waals surface area contributed by atoms with Gasteiger partial charge in [0.25, 0.3) is 0 Å². The van der Waals surface area contributed by atoms with Crippen molar-refractivity contribution in [2.24, 2.45) is 5.10 Å². The van der Waals surface area contributed by atoms with Crippen molar-refractivity contribution < 1.29 is 36.0 Å². The van der Waals surface area contributed by atoms with Crippen molar-refractivity contribution >= 4 is 24.6 Å². The van der Waals surface area contributed by atoms with Crippen molar-refractivity contribution in [1.82, 2.24) is 4.92 Å². The summed E-state index contributed by atoms with van der Waals surface area (Å²) >= 11 is 0. The van der Waals surface area contributed by atoms with E-state index in [4.69, 9.17) is 5.11 Å². The zero-order valence-corrected chi connectivity index (χ0v) is 15.8. The topological polar surface area (TPSA) is 73.1 Å². The standard InChI is InChI=1S/C14H10BN2O2.CH4O.CH3.W/c18-14(11-6-2-1-3-7-11)17-15(19)13-9-5-4-8-12(13)10-16-17;1-2;;/h2-10,19H;2H,1H3;1H3;/q-1;;-1;+2. The zero-order valence-electron chi connectivity index (χ0n) is 12.9. The smallest absolute Gasteiger partial charge is 0.427 e. The summed E-state index contributed by atoms with van der Waals surface area (Å²) in [6.07, 6.45) is 1.58. The summed E-state index contributed by atoms with van der Waals surface area (Å²) in [5.41, 5.74) is 1.96. The number of hydrogen-bond donors (Lipinski definition) is 2. The summed E-state index contributed by atoms with van der Waals surface area (Å²) in [7, 11) is -0.0575. The van der Waals surface area contributed by atoms with Gasteiger partial charge in [0.2, 0.25) is 5.91 Å². The minimum Gasteiger partial charge on any atom is -0.427 e. The molecule has 0 saturated carbocycles. The maximum absolute atomic E-state index is 12.3. The van der Waals surface area contributed by atoms with Crippen molar-refractivity contribution in [1.29, 1.82) is 0 Å². The molecule has 0 bridgehead atoms. The van der Waals surface area contributed by atoms with E-state index in [1.165, 1.54) is 0 Å². The molecule has 118 valence electrons. The van der Waals surface area contributed by atoms with Gasteiger partial charge in [0.05, 0.1) is 6.21 Å². The van der Waals surface area contributed by atoms with Crippen LogP contribution in [-0.2, 0) is 21.1 Å². The van der Waals surface area contributed by atoms with Crippen LogP contribution in [0.1, 0.15) is 15.9 Å². The summed E-state index contributed by atoms with van der Waals surface area (Å²) in [4.78, 5) is 13.3. The molecule has 0 fully saturated rings. The second-order valence-corrected chi connectivity index (χ2v) is 4.19. The molecule has 3 rings (SSSR count). The molecule has 5 nitrogen and oxygen atoms in total. The van der Waals surface area contributed by atoms with Crippen LogP contribution in [0.4, 0.5) is 0 Å². The van der Waals surface area contributed by atoms with Crippen molar-refractivity contribution in [3.05, 3.63) is 73.2 Å². The maximum Gasteiger partial charge on any atom is 2.00 e. The molecule has 0 aromatic heterocycles. The zero-order chi connectivity index (χ0) is 15.2. The van der Waals surface area contributed by atoms with Gasteiger partial charge in [0.1, 0.15) is 0 Å². The van der Waals surface area contributed by atoms with Crippen LogP contribution in [0.3, 0.4) is 0 Å². The molecule has 0 radical (unpaired) electrons. The third-order valence-electron chi connectivity index (χ3n) is 3.00. The van der Waals surface area contributed by atoms with Gasteiger partial charge in [-0.1, -0.05) is 29.8 Å². The Hall–Kier alpha value is -1.75. The SMILES string of the molecule is CO.O=C(c1cc[c-]cc1)N1N=Cc2ccccc2B1O.[CH3-].[W+2]. The number of hydrazone groups is 1. The van der Waals surface area contributed by atoms with Gasteiger partial charge in [0.15, 0.2) is 0 Å². The van der Waals surface area contributed by atoms with Crippen LogP contribution in [0.5, 0.6) is 0 Å². The number of amides is 1. The number of hydrogen-bond acceptors (Lipinski definition) is 4. The number of benzene rings is 2. The van der Waals surface area contributed by atoms with Gasteiger partial charge in [-0.25, -0.2) is 4.92 Å². The molecule has 0 spiro atoms. The van der Waals surface area contributed by atoms with Crippen LogP contribution in [0.2, 0.25) is 0 Å². The number of aliphatic hydroxyl groups excluding tert-OH is 1. The van der Waals surface area contributed by atoms with Crippen LogP contribution in [0, 0.1) is 13.5 Å². The molecule has 1 amide bonds. The normalized spacial score (nSPS) is 11.3. The molecule has 0 unspecified atom stereocenters. The summed E-state index contributed by atoms with van der Waals surface area (Å²) in [6.45, 7) is 0. The van der Waals surface area contributed by atoms with Gasteiger partial charge < -0.3 is 17.6 Å². The fourth-order valence-electron chi connectivity index (χ4n) is 2.01. The van der Waals surface area contributed by atoms with E-state index >= 15 is 0 Å². The van der Waals surface area contributed by atoms with Gasteiger partial charge in [-0.2, -0.15) is 35.4 Å². The monoisotopic (exact) mass is 480 g/mol. The molecular weight excluding hydrogens is 463 g/mol. The van der Waals surface area contributed by atoms with E-state index in [0.717, 1.165) is 17.6 Å². The first kappa shape index (κ1) is 21.3. The fraction of sp³-hybridized carbons (Fsp3) is 0.0625. The van der Waals surface area contributed by atoms with Crippen molar-refractivity contribution in [2.75, 3.05) is 7.11 Å². The Morgan fingerprint density at radius 2 is 1.78 bits per heavy atom. The Kier molecular flexibility index (Phi) is 9.34. The molecule has 0 aliphatic carbocycles. The predicted molar refractivity (Wildman–Crippen MR) is 87.6 cm³/mol. The van der Waals surface area contributed by atoms with Crippen LogP contribution >= 0.6 is 0 Å². The molecule has 2 aromatic rings. The van der Waals surface area contributed by atoms with Gasteiger partial charge in [0, 0.05) is 7.11 Å². The molecule has 0 saturated heterocycles. The number of nitrogens with zero attached hydrogens (tertiary/aromatic N) is 2. The Morgan fingerprint density at radius 1 is 1.17 bits per heavy atom. The van der Waals surface area contributed by atoms with Gasteiger partial charge in [-0.3, -0.25) is 4.79 Å². The van der Waals surface area contributed by atoms with Crippen LogP contribution in [-0.4, -0.2) is 41.3 Å². The molecule has 2 aromatic carbocycles. The minimum absolute atomic E-state index is 0. The number of carbonyl (C=O) groups is 1. The molecule has 1 aliphatic rings. The summed E-state index contributed by atoms with van der Waals surface area (Å²) in [6, 6.07) is 16.8. The number of aliphatic hydroxyl groups is 1. The van der Waals surface area contributed by atoms with E-state index in [1.807, 2.05) is 18.2 Å². The van der Waals surface area contributed by atoms with Crippen LogP contribution < -0.4 is 5.46 Å². The fourth-order valence-corrected chi connectivity index (χ4v) is 2.01. The first-order valence-electron chi connectivity index (χ1n) is 6.33. The van der Waals surface area contributed by atoms with E-state index in [9.17, 15) is 9.82 Å². The van der Waals surface area contributed by atoms with Gasteiger partial charge in [-0.05, 0) is 11.0 Å². The molecule has 0 atom stereocenters. The Labute approximate surface area is 151 Å². The van der Waals surface area contributed by atoms with Gasteiger partial charge in [-0.15, -0.1) is 0 Å². The van der Waals surface area contributed by atoms with E-state index in [2.05, 4.69) is 11.2 Å². The average Bonchev–Trinajstić information content (AvgIpc) is 2.57. The number of rotatable bonds is 1. The maximum atomic E-state index is 12.3. The molecule has 1 aliphatic heterocycles. The summed E-state index contributed by atoms with van der Waals surface area (Å²) in [5, 5.41) is 21.3. The van der Waals surface area contributed by atoms with Crippen molar-refractivity contribution in [3.8, 4) is 0 Å². The number of fused-ring (bicyclic) bond motifs is 1. The predicted octanol–water partition coefficient (Wildman–Crippen LogP) is 0.720. The molecule has 2 N–H and O–H groups in total. The van der Waals surface area contributed by atoms with E-state index in [0.29, 0.717) is 11.0 Å². The largest absolute Gasteiger partial charge is 2.00 e. The van der Waals surface area contributed by atoms with Gasteiger partial charge >= 0.3 is 28.1 Å². The number of carbonyl (C=O) groups excluding carboxylic acids is 1. The molecule has 7 heteroatoms. The van der Waals surface area contributed by atoms with Crippen molar-refractivity contribution in [2.45, 2.75) is 0 Å². The minimum atomic E-state index is -1.06. The average molecular weight is 480 g/mol. The van der Waals surface area contributed by atoms with E-state index in [-0.39, 0.29) is 34.4 Å². The third-order valence-corrected chi connectivity index (χ3v) is 3.00. The molecular formula is C16H17BN2O3W. The van der Waals surface area contributed by atoms with E-state index < -0.39 is 7.05 Å². The second-order valence-electron chi connectivity index (χ2n) is 4.19. The Bertz CT molecular complexity index is 653. The third kappa shape index (κ3) is 4.61. The Morgan fingerprint density at radius 3 is 2.43 bits per heavy atom.